The van der Waals surface area contributed by atoms with Crippen LogP contribution in [0.4, 0.5) is 0 Å². The molecule has 1 radical (unpaired) electrons. The summed E-state index contributed by atoms with van der Waals surface area (Å²) in [6.07, 6.45) is 3.67. The molecule has 5 heteroatoms. The van der Waals surface area contributed by atoms with Crippen LogP contribution in [0.25, 0.3) is 11.0 Å². The third-order valence-corrected chi connectivity index (χ3v) is 4.06. The normalized spacial score (nSPS) is 10.8. The zero-order valence-corrected chi connectivity index (χ0v) is 14.2. The van der Waals surface area contributed by atoms with Crippen molar-refractivity contribution in [3.63, 3.8) is 0 Å². The van der Waals surface area contributed by atoms with Crippen LogP contribution in [0.15, 0.2) is 36.7 Å². The Morgan fingerprint density at radius 2 is 1.83 bits per heavy atom. The smallest absolute Gasteiger partial charge is 0.203 e. The Labute approximate surface area is 141 Å². The minimum Gasteiger partial charge on any atom is -0.493 e. The van der Waals surface area contributed by atoms with Crippen LogP contribution in [0.1, 0.15) is 12.0 Å². The van der Waals surface area contributed by atoms with Crippen molar-refractivity contribution in [3.05, 3.63) is 48.3 Å². The first-order chi connectivity index (χ1) is 11.8. The molecular formula is C19H21N2O3. The van der Waals surface area contributed by atoms with E-state index in [1.54, 1.807) is 27.4 Å². The van der Waals surface area contributed by atoms with E-state index < -0.39 is 0 Å². The van der Waals surface area contributed by atoms with Gasteiger partial charge in [0, 0.05) is 12.1 Å². The second-order valence-corrected chi connectivity index (χ2v) is 5.43. The van der Waals surface area contributed by atoms with Gasteiger partial charge in [-0.05, 0) is 37.1 Å². The number of fused-ring (bicyclic) bond motifs is 1. The molecule has 3 rings (SSSR count). The highest BCUT2D eigenvalue weighted by Crippen LogP contribution is 2.39. The number of aryl methyl sites for hydroxylation is 2. The average molecular weight is 325 g/mol. The van der Waals surface area contributed by atoms with Gasteiger partial charge in [0.2, 0.25) is 5.75 Å². The second-order valence-electron chi connectivity index (χ2n) is 5.43. The number of rotatable bonds is 7. The van der Waals surface area contributed by atoms with E-state index in [1.807, 2.05) is 24.5 Å². The maximum absolute atomic E-state index is 5.51. The lowest BCUT2D eigenvalue weighted by molar-refractivity contribution is 0.321. The number of para-hydroxylation sites is 2. The Morgan fingerprint density at radius 3 is 2.58 bits per heavy atom. The number of ether oxygens (including phenoxy) is 3. The van der Waals surface area contributed by atoms with Crippen molar-refractivity contribution in [2.45, 2.75) is 19.4 Å². The summed E-state index contributed by atoms with van der Waals surface area (Å²) in [6.45, 7) is 0.881. The largest absolute Gasteiger partial charge is 0.493 e. The van der Waals surface area contributed by atoms with E-state index in [-0.39, 0.29) is 0 Å². The van der Waals surface area contributed by atoms with Crippen LogP contribution in [-0.2, 0) is 13.0 Å². The van der Waals surface area contributed by atoms with Crippen molar-refractivity contribution in [1.29, 1.82) is 0 Å². The van der Waals surface area contributed by atoms with Crippen LogP contribution in [0.5, 0.6) is 17.2 Å². The lowest BCUT2D eigenvalue weighted by atomic mass is 10.1. The summed E-state index contributed by atoms with van der Waals surface area (Å²) < 4.78 is 18.4. The summed E-state index contributed by atoms with van der Waals surface area (Å²) in [6, 6.07) is 13.2. The summed E-state index contributed by atoms with van der Waals surface area (Å²) in [5, 5.41) is 0. The van der Waals surface area contributed by atoms with Crippen molar-refractivity contribution in [3.8, 4) is 17.2 Å². The van der Waals surface area contributed by atoms with Gasteiger partial charge >= 0.3 is 0 Å². The molecule has 5 nitrogen and oxygen atoms in total. The van der Waals surface area contributed by atoms with E-state index in [9.17, 15) is 0 Å². The van der Waals surface area contributed by atoms with Gasteiger partial charge < -0.3 is 18.8 Å². The average Bonchev–Trinajstić information content (AvgIpc) is 3.04. The van der Waals surface area contributed by atoms with E-state index in [0.29, 0.717) is 17.2 Å². The van der Waals surface area contributed by atoms with Crippen LogP contribution < -0.4 is 14.2 Å². The SMILES string of the molecule is COc1c[c]c(CCCn2cnc3ccccc32)c(OC)c1OC. The van der Waals surface area contributed by atoms with Crippen LogP contribution in [-0.4, -0.2) is 30.9 Å². The second kappa shape index (κ2) is 7.25. The maximum atomic E-state index is 5.51. The van der Waals surface area contributed by atoms with Gasteiger partial charge in [0.05, 0.1) is 38.7 Å². The standard InChI is InChI=1S/C19H21N2O3/c1-22-17-11-10-14(18(23-2)19(17)24-3)7-6-12-21-13-20-15-8-4-5-9-16(15)21/h4-5,8-9,11,13H,6-7,12H2,1-3H3. The summed E-state index contributed by atoms with van der Waals surface area (Å²) in [5.41, 5.74) is 3.16. The number of hydrogen-bond donors (Lipinski definition) is 0. The molecule has 1 heterocycles. The molecule has 2 aromatic carbocycles. The molecule has 0 N–H and O–H groups in total. The van der Waals surface area contributed by atoms with Gasteiger partial charge in [-0.15, -0.1) is 0 Å². The Hall–Kier alpha value is -2.69. The minimum absolute atomic E-state index is 0.613. The number of imidazole rings is 1. The van der Waals surface area contributed by atoms with E-state index in [1.165, 1.54) is 0 Å². The first-order valence-corrected chi connectivity index (χ1v) is 7.88. The number of aromatic nitrogens is 2. The number of methoxy groups -OCH3 is 3. The van der Waals surface area contributed by atoms with Crippen LogP contribution in [0.2, 0.25) is 0 Å². The lowest BCUT2D eigenvalue weighted by Gasteiger charge is -2.15. The van der Waals surface area contributed by atoms with Crippen molar-refractivity contribution in [1.82, 2.24) is 9.55 Å². The molecule has 0 aliphatic heterocycles. The molecule has 1 aromatic heterocycles. The van der Waals surface area contributed by atoms with Gasteiger partial charge in [-0.25, -0.2) is 4.98 Å². The van der Waals surface area contributed by atoms with Gasteiger partial charge in [-0.3, -0.25) is 0 Å². The monoisotopic (exact) mass is 325 g/mol. The Morgan fingerprint density at radius 1 is 1.04 bits per heavy atom. The fourth-order valence-electron chi connectivity index (χ4n) is 2.89. The Balaban J connectivity index is 1.75. The Bertz CT molecular complexity index is 827. The quantitative estimate of drug-likeness (QED) is 0.667. The number of benzene rings is 2. The molecular weight excluding hydrogens is 304 g/mol. The van der Waals surface area contributed by atoms with Gasteiger partial charge in [-0.2, -0.15) is 0 Å². The van der Waals surface area contributed by atoms with E-state index in [4.69, 9.17) is 14.2 Å². The van der Waals surface area contributed by atoms with Crippen molar-refractivity contribution < 1.29 is 14.2 Å². The molecule has 0 amide bonds. The first-order valence-electron chi connectivity index (χ1n) is 7.88. The summed E-state index contributed by atoms with van der Waals surface area (Å²) in [7, 11) is 4.86. The molecule has 125 valence electrons. The molecule has 0 atom stereocenters. The van der Waals surface area contributed by atoms with Crippen LogP contribution in [0, 0.1) is 6.07 Å². The highest BCUT2D eigenvalue weighted by molar-refractivity contribution is 5.74. The van der Waals surface area contributed by atoms with Crippen molar-refractivity contribution >= 4 is 11.0 Å². The molecule has 0 aliphatic carbocycles. The number of hydrogen-bond acceptors (Lipinski definition) is 4. The summed E-state index contributed by atoms with van der Waals surface area (Å²) in [4.78, 5) is 4.42. The summed E-state index contributed by atoms with van der Waals surface area (Å²) in [5.74, 6) is 1.92. The molecule has 0 saturated carbocycles. The minimum atomic E-state index is 0.613. The van der Waals surface area contributed by atoms with Gasteiger partial charge in [0.1, 0.15) is 0 Å². The van der Waals surface area contributed by atoms with Crippen molar-refractivity contribution in [2.75, 3.05) is 21.3 Å². The Kier molecular flexibility index (Phi) is 4.89. The molecule has 0 unspecified atom stereocenters. The topological polar surface area (TPSA) is 45.5 Å². The highest BCUT2D eigenvalue weighted by Gasteiger charge is 2.15. The predicted octanol–water partition coefficient (Wildman–Crippen LogP) is 3.50. The lowest BCUT2D eigenvalue weighted by Crippen LogP contribution is -2.02. The van der Waals surface area contributed by atoms with E-state index >= 15 is 0 Å². The highest BCUT2D eigenvalue weighted by atomic mass is 16.5. The molecule has 24 heavy (non-hydrogen) atoms. The number of nitrogens with zero attached hydrogens (tertiary/aromatic N) is 2. The molecule has 0 aliphatic rings. The fraction of sp³-hybridized carbons (Fsp3) is 0.316. The van der Waals surface area contributed by atoms with Gasteiger partial charge in [-0.1, -0.05) is 12.1 Å². The van der Waals surface area contributed by atoms with Gasteiger partial charge in [0.15, 0.2) is 11.5 Å². The molecule has 0 spiro atoms. The van der Waals surface area contributed by atoms with Crippen LogP contribution in [0.3, 0.4) is 0 Å². The first kappa shape index (κ1) is 16.2. The molecule has 0 fully saturated rings. The van der Waals surface area contributed by atoms with Crippen molar-refractivity contribution in [2.24, 2.45) is 0 Å². The predicted molar refractivity (Wildman–Crippen MR) is 93.0 cm³/mol. The zero-order valence-electron chi connectivity index (χ0n) is 14.2. The fourth-order valence-corrected chi connectivity index (χ4v) is 2.89. The zero-order chi connectivity index (χ0) is 16.9. The van der Waals surface area contributed by atoms with Crippen LogP contribution >= 0.6 is 0 Å². The van der Waals surface area contributed by atoms with E-state index in [2.05, 4.69) is 21.7 Å². The van der Waals surface area contributed by atoms with E-state index in [0.717, 1.165) is 36.0 Å². The summed E-state index contributed by atoms with van der Waals surface area (Å²) >= 11 is 0. The molecule has 0 saturated heterocycles. The maximum Gasteiger partial charge on any atom is 0.203 e. The van der Waals surface area contributed by atoms with Gasteiger partial charge in [0.25, 0.3) is 0 Å². The third kappa shape index (κ3) is 3.02. The third-order valence-electron chi connectivity index (χ3n) is 4.06. The molecule has 0 bridgehead atoms. The molecule has 3 aromatic rings.